The van der Waals surface area contributed by atoms with Gasteiger partial charge in [-0.15, -0.1) is 0 Å². The van der Waals surface area contributed by atoms with Crippen molar-refractivity contribution in [1.29, 1.82) is 0 Å². The lowest BCUT2D eigenvalue weighted by Crippen LogP contribution is -2.38. The summed E-state index contributed by atoms with van der Waals surface area (Å²) in [4.78, 5) is 24.1. The number of hydrogen-bond donors (Lipinski definition) is 2. The van der Waals surface area contributed by atoms with Crippen molar-refractivity contribution < 1.29 is 14.6 Å². The second-order valence-electron chi connectivity index (χ2n) is 7.01. The van der Waals surface area contributed by atoms with Crippen molar-refractivity contribution in [2.75, 3.05) is 32.8 Å². The van der Waals surface area contributed by atoms with Crippen molar-refractivity contribution in [1.82, 2.24) is 20.2 Å². The zero-order valence-corrected chi connectivity index (χ0v) is 16.1. The van der Waals surface area contributed by atoms with Crippen molar-refractivity contribution in [2.45, 2.75) is 12.6 Å². The third-order valence-corrected chi connectivity index (χ3v) is 4.97. The molecule has 1 aromatic carbocycles. The molecule has 3 heterocycles. The minimum Gasteiger partial charge on any atom is -0.395 e. The van der Waals surface area contributed by atoms with Gasteiger partial charge in [-0.2, -0.15) is 0 Å². The van der Waals surface area contributed by atoms with Gasteiger partial charge < -0.3 is 15.2 Å². The van der Waals surface area contributed by atoms with Crippen LogP contribution in [0.4, 0.5) is 0 Å². The number of hydrogen-bond acceptors (Lipinski definition) is 6. The van der Waals surface area contributed by atoms with Crippen LogP contribution in [0.3, 0.4) is 0 Å². The van der Waals surface area contributed by atoms with Crippen LogP contribution in [0.1, 0.15) is 27.8 Å². The number of amides is 1. The molecule has 1 atom stereocenters. The molecule has 1 aliphatic rings. The van der Waals surface area contributed by atoms with Crippen molar-refractivity contribution in [2.24, 2.45) is 0 Å². The SMILES string of the molecule is O=C(NCCO)c1cc(C2CN(Cc3ccccn3)CCO2)nc2ccccc12. The number of nitrogens with zero attached hydrogens (tertiary/aromatic N) is 3. The maximum atomic E-state index is 12.6. The highest BCUT2D eigenvalue weighted by atomic mass is 16.5. The molecule has 7 nitrogen and oxygen atoms in total. The second kappa shape index (κ2) is 9.09. The number of aromatic nitrogens is 2. The van der Waals surface area contributed by atoms with Gasteiger partial charge in [-0.05, 0) is 24.3 Å². The molecule has 1 fully saturated rings. The Kier molecular flexibility index (Phi) is 6.09. The molecule has 1 saturated heterocycles. The molecule has 0 radical (unpaired) electrons. The molecule has 1 amide bonds. The van der Waals surface area contributed by atoms with E-state index < -0.39 is 0 Å². The average Bonchev–Trinajstić information content (AvgIpc) is 2.77. The van der Waals surface area contributed by atoms with Crippen LogP contribution in [0.2, 0.25) is 0 Å². The molecule has 2 aromatic heterocycles. The first-order valence-corrected chi connectivity index (χ1v) is 9.77. The minimum absolute atomic E-state index is 0.101. The van der Waals surface area contributed by atoms with Gasteiger partial charge in [0.1, 0.15) is 6.10 Å². The monoisotopic (exact) mass is 392 g/mol. The summed E-state index contributed by atoms with van der Waals surface area (Å²) in [6.45, 7) is 2.96. The van der Waals surface area contributed by atoms with E-state index in [0.717, 1.165) is 35.4 Å². The number of carbonyl (C=O) groups is 1. The largest absolute Gasteiger partial charge is 0.395 e. The molecule has 1 aliphatic heterocycles. The number of aliphatic hydroxyl groups is 1. The third kappa shape index (κ3) is 4.59. The van der Waals surface area contributed by atoms with E-state index in [2.05, 4.69) is 15.2 Å². The Morgan fingerprint density at radius 3 is 2.93 bits per heavy atom. The van der Waals surface area contributed by atoms with E-state index >= 15 is 0 Å². The topological polar surface area (TPSA) is 87.6 Å². The fraction of sp³-hybridized carbons (Fsp3) is 0.318. The van der Waals surface area contributed by atoms with Gasteiger partial charge in [-0.25, -0.2) is 4.98 Å². The fourth-order valence-electron chi connectivity index (χ4n) is 3.56. The van der Waals surface area contributed by atoms with E-state index in [4.69, 9.17) is 14.8 Å². The molecule has 0 bridgehead atoms. The van der Waals surface area contributed by atoms with Gasteiger partial charge in [0, 0.05) is 37.8 Å². The van der Waals surface area contributed by atoms with Crippen LogP contribution >= 0.6 is 0 Å². The summed E-state index contributed by atoms with van der Waals surface area (Å²) < 4.78 is 6.00. The van der Waals surface area contributed by atoms with E-state index in [1.807, 2.05) is 48.5 Å². The zero-order valence-electron chi connectivity index (χ0n) is 16.1. The van der Waals surface area contributed by atoms with Crippen molar-refractivity contribution in [3.8, 4) is 0 Å². The predicted octanol–water partition coefficient (Wildman–Crippen LogP) is 1.93. The van der Waals surface area contributed by atoms with Crippen molar-refractivity contribution >= 4 is 16.8 Å². The lowest BCUT2D eigenvalue weighted by molar-refractivity contribution is -0.0352. The summed E-state index contributed by atoms with van der Waals surface area (Å²) in [5, 5.41) is 12.5. The number of benzene rings is 1. The van der Waals surface area contributed by atoms with Gasteiger partial charge in [-0.1, -0.05) is 24.3 Å². The highest BCUT2D eigenvalue weighted by Gasteiger charge is 2.25. The molecule has 0 aliphatic carbocycles. The van der Waals surface area contributed by atoms with E-state index in [-0.39, 0.29) is 25.2 Å². The maximum absolute atomic E-state index is 12.6. The van der Waals surface area contributed by atoms with Gasteiger partial charge >= 0.3 is 0 Å². The summed E-state index contributed by atoms with van der Waals surface area (Å²) in [7, 11) is 0. The molecule has 0 spiro atoms. The van der Waals surface area contributed by atoms with E-state index in [0.29, 0.717) is 18.7 Å². The van der Waals surface area contributed by atoms with Crippen LogP contribution in [0.5, 0.6) is 0 Å². The van der Waals surface area contributed by atoms with Gasteiger partial charge in [0.25, 0.3) is 5.91 Å². The lowest BCUT2D eigenvalue weighted by atomic mass is 10.0. The first-order chi connectivity index (χ1) is 14.2. The van der Waals surface area contributed by atoms with Gasteiger partial charge in [0.05, 0.1) is 35.7 Å². The normalized spacial score (nSPS) is 17.3. The number of nitrogens with one attached hydrogen (secondary N) is 1. The predicted molar refractivity (Wildman–Crippen MR) is 109 cm³/mol. The molecule has 7 heteroatoms. The van der Waals surface area contributed by atoms with Crippen LogP contribution in [0, 0.1) is 0 Å². The number of pyridine rings is 2. The molecule has 150 valence electrons. The molecule has 3 aromatic rings. The fourth-order valence-corrected chi connectivity index (χ4v) is 3.56. The Hall–Kier alpha value is -2.87. The number of ether oxygens (including phenoxy) is 1. The van der Waals surface area contributed by atoms with Crippen molar-refractivity contribution in [3.63, 3.8) is 0 Å². The average molecular weight is 392 g/mol. The first kappa shape index (κ1) is 19.4. The molecular weight excluding hydrogens is 368 g/mol. The molecule has 1 unspecified atom stereocenters. The minimum atomic E-state index is -0.222. The Morgan fingerprint density at radius 1 is 1.24 bits per heavy atom. The summed E-state index contributed by atoms with van der Waals surface area (Å²) in [5.41, 5.74) is 3.06. The standard InChI is InChI=1S/C22H24N4O3/c27-11-9-24-22(28)18-13-20(25-19-7-2-1-6-17(18)19)21-15-26(10-12-29-21)14-16-5-3-4-8-23-16/h1-8,13,21,27H,9-12,14-15H2,(H,24,28). The molecule has 4 rings (SSSR count). The highest BCUT2D eigenvalue weighted by Crippen LogP contribution is 2.26. The van der Waals surface area contributed by atoms with Crippen LogP contribution in [0.15, 0.2) is 54.7 Å². The lowest BCUT2D eigenvalue weighted by Gasteiger charge is -2.32. The number of aliphatic hydroxyl groups excluding tert-OH is 1. The van der Waals surface area contributed by atoms with Gasteiger partial charge in [0.2, 0.25) is 0 Å². The summed E-state index contributed by atoms with van der Waals surface area (Å²) in [6, 6.07) is 15.3. The van der Waals surface area contributed by atoms with Crippen LogP contribution in [-0.4, -0.2) is 58.7 Å². The molecular formula is C22H24N4O3. The molecule has 29 heavy (non-hydrogen) atoms. The number of carbonyl (C=O) groups excluding carboxylic acids is 1. The number of rotatable bonds is 6. The number of fused-ring (bicyclic) bond motifs is 1. The van der Waals surface area contributed by atoms with Crippen LogP contribution in [0.25, 0.3) is 10.9 Å². The Bertz CT molecular complexity index is 980. The Balaban J connectivity index is 1.60. The smallest absolute Gasteiger partial charge is 0.252 e. The number of morpholine rings is 1. The highest BCUT2D eigenvalue weighted by molar-refractivity contribution is 6.06. The summed E-state index contributed by atoms with van der Waals surface area (Å²) >= 11 is 0. The summed E-state index contributed by atoms with van der Waals surface area (Å²) in [5.74, 6) is -0.222. The van der Waals surface area contributed by atoms with E-state index in [1.165, 1.54) is 0 Å². The first-order valence-electron chi connectivity index (χ1n) is 9.77. The summed E-state index contributed by atoms with van der Waals surface area (Å²) in [6.07, 6.45) is 1.58. The third-order valence-electron chi connectivity index (χ3n) is 4.97. The molecule has 0 saturated carbocycles. The zero-order chi connectivity index (χ0) is 20.1. The Morgan fingerprint density at radius 2 is 2.10 bits per heavy atom. The molecule has 2 N–H and O–H groups in total. The quantitative estimate of drug-likeness (QED) is 0.667. The van der Waals surface area contributed by atoms with E-state index in [9.17, 15) is 4.79 Å². The van der Waals surface area contributed by atoms with Crippen molar-refractivity contribution in [3.05, 3.63) is 71.7 Å². The van der Waals surface area contributed by atoms with Crippen LogP contribution in [-0.2, 0) is 11.3 Å². The van der Waals surface area contributed by atoms with E-state index in [1.54, 1.807) is 6.20 Å². The van der Waals surface area contributed by atoms with Crippen LogP contribution < -0.4 is 5.32 Å². The Labute approximate surface area is 169 Å². The second-order valence-corrected chi connectivity index (χ2v) is 7.01. The van der Waals surface area contributed by atoms with Gasteiger partial charge in [0.15, 0.2) is 0 Å². The maximum Gasteiger partial charge on any atom is 0.252 e. The van der Waals surface area contributed by atoms with Gasteiger partial charge in [-0.3, -0.25) is 14.7 Å². The number of para-hydroxylation sites is 1.